The van der Waals surface area contributed by atoms with Gasteiger partial charge in [-0.05, 0) is 44.4 Å². The maximum absolute atomic E-state index is 13.5. The van der Waals surface area contributed by atoms with Gasteiger partial charge in [-0.25, -0.2) is 4.39 Å². The molecule has 0 unspecified atom stereocenters. The summed E-state index contributed by atoms with van der Waals surface area (Å²) in [7, 11) is 0. The third kappa shape index (κ3) is 5.41. The monoisotopic (exact) mass is 295 g/mol. The first-order valence-electron chi connectivity index (χ1n) is 6.67. The van der Waals surface area contributed by atoms with Crippen molar-refractivity contribution in [3.63, 3.8) is 0 Å². The highest BCUT2D eigenvalue weighted by atomic mass is 19.1. The number of carbonyl (C=O) groups is 2. The molecule has 0 spiro atoms. The molecule has 0 N–H and O–H groups in total. The van der Waals surface area contributed by atoms with Gasteiger partial charge in [0.2, 0.25) is 0 Å². The van der Waals surface area contributed by atoms with E-state index >= 15 is 0 Å². The minimum atomic E-state index is -0.621. The van der Waals surface area contributed by atoms with Crippen molar-refractivity contribution in [3.05, 3.63) is 34.5 Å². The minimum absolute atomic E-state index is 0.0401. The molecule has 0 amide bonds. The predicted octanol–water partition coefficient (Wildman–Crippen LogP) is 3.05. The molecule has 1 aromatic rings. The van der Waals surface area contributed by atoms with Gasteiger partial charge in [0.05, 0.1) is 12.5 Å². The number of rotatable bonds is 9. The van der Waals surface area contributed by atoms with E-state index in [4.69, 9.17) is 4.74 Å². The topological polar surface area (TPSA) is 72.8 Å². The van der Waals surface area contributed by atoms with Crippen LogP contribution in [0.4, 0.5) is 4.39 Å². The van der Waals surface area contributed by atoms with Crippen molar-refractivity contribution >= 4 is 11.6 Å². The Labute approximate surface area is 122 Å². The van der Waals surface area contributed by atoms with Gasteiger partial charge in [0, 0.05) is 0 Å². The average molecular weight is 295 g/mol. The molecule has 0 atom stereocenters. The summed E-state index contributed by atoms with van der Waals surface area (Å²) in [6, 6.07) is 4.10. The van der Waals surface area contributed by atoms with E-state index in [1.807, 2.05) is 0 Å². The van der Waals surface area contributed by atoms with Crippen LogP contribution in [-0.2, 0) is 16.1 Å². The van der Waals surface area contributed by atoms with Gasteiger partial charge >= 0.3 is 0 Å². The molecule has 0 aliphatic heterocycles. The lowest BCUT2D eigenvalue weighted by Crippen LogP contribution is -2.20. The molecule has 5 nitrogen and oxygen atoms in total. The maximum atomic E-state index is 13.5. The maximum Gasteiger partial charge on any atom is 0.165 e. The summed E-state index contributed by atoms with van der Waals surface area (Å²) in [6.07, 6.45) is 0.835. The Morgan fingerprint density at radius 2 is 1.95 bits per heavy atom. The summed E-state index contributed by atoms with van der Waals surface area (Å²) < 4.78 is 18.8. The molecule has 0 heterocycles. The summed E-state index contributed by atoms with van der Waals surface area (Å²) in [5.41, 5.74) is 0.562. The third-order valence-electron chi connectivity index (χ3n) is 3.12. The van der Waals surface area contributed by atoms with Crippen LogP contribution in [0.5, 0.6) is 5.75 Å². The van der Waals surface area contributed by atoms with E-state index in [0.717, 1.165) is 0 Å². The number of halogens is 1. The van der Waals surface area contributed by atoms with Crippen molar-refractivity contribution in [1.82, 2.24) is 0 Å². The highest BCUT2D eigenvalue weighted by molar-refractivity contribution is 6.00. The van der Waals surface area contributed by atoms with E-state index in [1.54, 1.807) is 0 Å². The fraction of sp³-hybridized carbons (Fsp3) is 0.467. The summed E-state index contributed by atoms with van der Waals surface area (Å²) in [6.45, 7) is 2.89. The smallest absolute Gasteiger partial charge is 0.165 e. The summed E-state index contributed by atoms with van der Waals surface area (Å²) in [5, 5.41) is 2.73. The highest BCUT2D eigenvalue weighted by Gasteiger charge is 2.18. The lowest BCUT2D eigenvalue weighted by Gasteiger charge is -2.11. The van der Waals surface area contributed by atoms with Crippen LogP contribution in [0.25, 0.3) is 0 Å². The van der Waals surface area contributed by atoms with E-state index in [2.05, 4.69) is 5.18 Å². The van der Waals surface area contributed by atoms with E-state index < -0.39 is 11.7 Å². The SMILES string of the molecule is CC(=O)C(CCCOc1cc(CN=O)ccc1F)C(C)=O. The number of benzene rings is 1. The number of ether oxygens (including phenoxy) is 1. The molecule has 6 heteroatoms. The fourth-order valence-corrected chi connectivity index (χ4v) is 1.99. The van der Waals surface area contributed by atoms with E-state index in [9.17, 15) is 18.9 Å². The van der Waals surface area contributed by atoms with Crippen molar-refractivity contribution in [2.24, 2.45) is 11.1 Å². The molecule has 0 aliphatic rings. The molecule has 114 valence electrons. The third-order valence-corrected chi connectivity index (χ3v) is 3.12. The van der Waals surface area contributed by atoms with Crippen LogP contribution in [0.15, 0.2) is 23.4 Å². The van der Waals surface area contributed by atoms with Crippen LogP contribution in [0.2, 0.25) is 0 Å². The molecule has 1 aromatic carbocycles. The van der Waals surface area contributed by atoms with Crippen molar-refractivity contribution in [1.29, 1.82) is 0 Å². The second kappa shape index (κ2) is 8.24. The first kappa shape index (κ1) is 16.9. The number of hydrogen-bond donors (Lipinski definition) is 0. The van der Waals surface area contributed by atoms with Gasteiger partial charge in [0.25, 0.3) is 0 Å². The van der Waals surface area contributed by atoms with Gasteiger partial charge in [-0.3, -0.25) is 9.59 Å². The van der Waals surface area contributed by atoms with Gasteiger partial charge < -0.3 is 4.74 Å². The Balaban J connectivity index is 2.52. The van der Waals surface area contributed by atoms with E-state index in [1.165, 1.54) is 32.0 Å². The number of nitrogens with zero attached hydrogens (tertiary/aromatic N) is 1. The first-order valence-corrected chi connectivity index (χ1v) is 6.67. The number of ketones is 2. The summed E-state index contributed by atoms with van der Waals surface area (Å²) >= 11 is 0. The predicted molar refractivity (Wildman–Crippen MR) is 75.5 cm³/mol. The van der Waals surface area contributed by atoms with Crippen molar-refractivity contribution in [3.8, 4) is 5.75 Å². The lowest BCUT2D eigenvalue weighted by molar-refractivity contribution is -0.130. The molecule has 1 rings (SSSR count). The van der Waals surface area contributed by atoms with Crippen LogP contribution in [0.1, 0.15) is 32.3 Å². The molecule has 0 fully saturated rings. The Hall–Kier alpha value is -2.11. The summed E-state index contributed by atoms with van der Waals surface area (Å²) in [4.78, 5) is 32.7. The minimum Gasteiger partial charge on any atom is -0.491 e. The molecule has 0 bridgehead atoms. The molecule has 0 radical (unpaired) electrons. The number of Topliss-reactive ketones (excluding diaryl/α,β-unsaturated/α-hetero) is 2. The Bertz CT molecular complexity index is 516. The largest absolute Gasteiger partial charge is 0.491 e. The second-order valence-electron chi connectivity index (χ2n) is 4.82. The number of nitroso groups, excluding NO2 is 1. The van der Waals surface area contributed by atoms with Gasteiger partial charge in [0.15, 0.2) is 11.6 Å². The molecular weight excluding hydrogens is 277 g/mol. The van der Waals surface area contributed by atoms with Crippen LogP contribution in [0.3, 0.4) is 0 Å². The molecule has 0 aromatic heterocycles. The lowest BCUT2D eigenvalue weighted by atomic mass is 9.95. The highest BCUT2D eigenvalue weighted by Crippen LogP contribution is 2.20. The molecule has 0 aliphatic carbocycles. The van der Waals surface area contributed by atoms with Crippen molar-refractivity contribution in [2.75, 3.05) is 6.61 Å². The quantitative estimate of drug-likeness (QED) is 0.399. The van der Waals surface area contributed by atoms with Crippen molar-refractivity contribution < 1.29 is 18.7 Å². The first-order chi connectivity index (χ1) is 9.95. The normalized spacial score (nSPS) is 10.5. The summed E-state index contributed by atoms with van der Waals surface area (Å²) in [5.74, 6) is -1.46. The Kier molecular flexibility index (Phi) is 6.65. The second-order valence-corrected chi connectivity index (χ2v) is 4.82. The van der Waals surface area contributed by atoms with Gasteiger partial charge in [-0.1, -0.05) is 11.2 Å². The van der Waals surface area contributed by atoms with Gasteiger partial charge in [-0.15, -0.1) is 0 Å². The van der Waals surface area contributed by atoms with Crippen LogP contribution >= 0.6 is 0 Å². The van der Waals surface area contributed by atoms with E-state index in [0.29, 0.717) is 18.4 Å². The standard InChI is InChI=1S/C15H18FNO4/c1-10(18)13(11(2)19)4-3-7-21-15-8-12(9-17-20)5-6-14(15)16/h5-6,8,13H,3-4,7,9H2,1-2H3. The van der Waals surface area contributed by atoms with E-state index in [-0.39, 0.29) is 30.5 Å². The zero-order valence-electron chi connectivity index (χ0n) is 12.1. The average Bonchev–Trinajstić information content (AvgIpc) is 2.41. The molecule has 0 saturated carbocycles. The fourth-order valence-electron chi connectivity index (χ4n) is 1.99. The number of hydrogen-bond acceptors (Lipinski definition) is 5. The molecule has 0 saturated heterocycles. The van der Waals surface area contributed by atoms with Crippen LogP contribution in [0, 0.1) is 16.6 Å². The number of carbonyl (C=O) groups excluding carboxylic acids is 2. The van der Waals surface area contributed by atoms with Gasteiger partial charge in [0.1, 0.15) is 18.1 Å². The van der Waals surface area contributed by atoms with Crippen molar-refractivity contribution in [2.45, 2.75) is 33.2 Å². The zero-order valence-corrected chi connectivity index (χ0v) is 12.1. The van der Waals surface area contributed by atoms with Gasteiger partial charge in [-0.2, -0.15) is 4.91 Å². The van der Waals surface area contributed by atoms with Crippen LogP contribution < -0.4 is 4.74 Å². The van der Waals surface area contributed by atoms with Crippen LogP contribution in [-0.4, -0.2) is 18.2 Å². The molecule has 21 heavy (non-hydrogen) atoms. The molecular formula is C15H18FNO4. The Morgan fingerprint density at radius 3 is 2.52 bits per heavy atom. The Morgan fingerprint density at radius 1 is 1.29 bits per heavy atom. The zero-order chi connectivity index (χ0) is 15.8.